The highest BCUT2D eigenvalue weighted by atomic mass is 32.1. The molecule has 9 heteroatoms. The third-order valence-corrected chi connectivity index (χ3v) is 6.94. The van der Waals surface area contributed by atoms with Gasteiger partial charge < -0.3 is 10.1 Å². The zero-order chi connectivity index (χ0) is 22.2. The van der Waals surface area contributed by atoms with Gasteiger partial charge >= 0.3 is 0 Å². The Morgan fingerprint density at radius 2 is 2.06 bits per heavy atom. The second-order valence-electron chi connectivity index (χ2n) is 7.81. The molecule has 1 N–H and O–H groups in total. The number of hydrogen-bond donors (Lipinski definition) is 1. The van der Waals surface area contributed by atoms with Gasteiger partial charge in [-0.2, -0.15) is 5.10 Å². The van der Waals surface area contributed by atoms with Crippen molar-refractivity contribution in [1.82, 2.24) is 24.5 Å². The van der Waals surface area contributed by atoms with Crippen molar-refractivity contribution in [2.75, 3.05) is 13.7 Å². The fourth-order valence-electron chi connectivity index (χ4n) is 4.02. The molecule has 0 saturated carbocycles. The van der Waals surface area contributed by atoms with Gasteiger partial charge in [0.1, 0.15) is 10.6 Å². The third kappa shape index (κ3) is 3.69. The van der Waals surface area contributed by atoms with Gasteiger partial charge in [0, 0.05) is 30.1 Å². The number of nitrogens with zero attached hydrogens (tertiary/aromatic N) is 4. The number of amides is 1. The quantitative estimate of drug-likeness (QED) is 0.489. The summed E-state index contributed by atoms with van der Waals surface area (Å²) >= 11 is 1.35. The highest BCUT2D eigenvalue weighted by Gasteiger charge is 2.19. The van der Waals surface area contributed by atoms with Crippen LogP contribution in [-0.2, 0) is 19.4 Å². The molecule has 0 fully saturated rings. The number of thiazole rings is 1. The van der Waals surface area contributed by atoms with Crippen LogP contribution >= 0.6 is 11.3 Å². The number of fused-ring (bicyclic) bond motifs is 2. The lowest BCUT2D eigenvalue weighted by Crippen LogP contribution is -2.32. The Kier molecular flexibility index (Phi) is 5.26. The number of aryl methyl sites for hydroxylation is 3. The number of benzene rings is 1. The number of carbonyl (C=O) groups is 1. The number of imidazole rings is 1. The van der Waals surface area contributed by atoms with Crippen LogP contribution in [0.15, 0.2) is 41.3 Å². The lowest BCUT2D eigenvalue weighted by molar-refractivity contribution is 0.0955. The van der Waals surface area contributed by atoms with Crippen molar-refractivity contribution in [2.24, 2.45) is 0 Å². The first kappa shape index (κ1) is 20.4. The summed E-state index contributed by atoms with van der Waals surface area (Å²) in [5.41, 5.74) is 4.61. The fourth-order valence-corrected chi connectivity index (χ4v) is 5.04. The van der Waals surface area contributed by atoms with Crippen molar-refractivity contribution in [1.29, 1.82) is 0 Å². The summed E-state index contributed by atoms with van der Waals surface area (Å²) < 4.78 is 8.59. The lowest BCUT2D eigenvalue weighted by Gasteiger charge is -2.08. The van der Waals surface area contributed by atoms with E-state index in [4.69, 9.17) is 4.74 Å². The molecule has 8 nitrogen and oxygen atoms in total. The van der Waals surface area contributed by atoms with Gasteiger partial charge in [-0.05, 0) is 56.0 Å². The van der Waals surface area contributed by atoms with Gasteiger partial charge in [-0.25, -0.2) is 9.67 Å². The Morgan fingerprint density at radius 1 is 1.25 bits per heavy atom. The molecule has 5 rings (SSSR count). The van der Waals surface area contributed by atoms with Crippen LogP contribution in [0.1, 0.15) is 33.0 Å². The van der Waals surface area contributed by atoms with Crippen LogP contribution < -0.4 is 15.6 Å². The van der Waals surface area contributed by atoms with E-state index in [1.807, 2.05) is 41.8 Å². The van der Waals surface area contributed by atoms with Gasteiger partial charge in [-0.15, -0.1) is 0 Å². The second kappa shape index (κ2) is 8.23. The van der Waals surface area contributed by atoms with Gasteiger partial charge in [0.25, 0.3) is 11.5 Å². The highest BCUT2D eigenvalue weighted by molar-refractivity contribution is 7.19. The summed E-state index contributed by atoms with van der Waals surface area (Å²) in [5.74, 6) is 0.625. The summed E-state index contributed by atoms with van der Waals surface area (Å²) in [5, 5.41) is 7.36. The van der Waals surface area contributed by atoms with E-state index >= 15 is 0 Å². The summed E-state index contributed by atoms with van der Waals surface area (Å²) in [7, 11) is 1.64. The maximum absolute atomic E-state index is 12.8. The van der Waals surface area contributed by atoms with Crippen molar-refractivity contribution in [3.05, 3.63) is 68.7 Å². The van der Waals surface area contributed by atoms with Crippen LogP contribution in [-0.4, -0.2) is 38.7 Å². The molecule has 32 heavy (non-hydrogen) atoms. The topological polar surface area (TPSA) is 90.5 Å². The Hall–Kier alpha value is -3.46. The number of carbonyl (C=O) groups excluding carboxylic acids is 1. The Labute approximate surface area is 188 Å². The van der Waals surface area contributed by atoms with Gasteiger partial charge in [-0.1, -0.05) is 11.3 Å². The SMILES string of the molecule is COc1ccc(-c2cn3c(C)c(C(=O)NCCn4nc5c(cc4=O)CCC5)sc3n2)cc1. The van der Waals surface area contributed by atoms with Crippen molar-refractivity contribution >= 4 is 22.2 Å². The maximum Gasteiger partial charge on any atom is 0.267 e. The predicted molar refractivity (Wildman–Crippen MR) is 123 cm³/mol. The van der Waals surface area contributed by atoms with Crippen molar-refractivity contribution in [2.45, 2.75) is 32.7 Å². The number of rotatable bonds is 6. The van der Waals surface area contributed by atoms with Gasteiger partial charge in [0.15, 0.2) is 4.96 Å². The summed E-state index contributed by atoms with van der Waals surface area (Å²) in [6.45, 7) is 2.59. The molecule has 3 aromatic heterocycles. The maximum atomic E-state index is 12.8. The van der Waals surface area contributed by atoms with E-state index in [-0.39, 0.29) is 11.5 Å². The van der Waals surface area contributed by atoms with Crippen LogP contribution in [0, 0.1) is 6.92 Å². The Balaban J connectivity index is 1.28. The molecular formula is C23H23N5O3S. The first-order chi connectivity index (χ1) is 15.5. The molecule has 1 amide bonds. The smallest absolute Gasteiger partial charge is 0.267 e. The minimum Gasteiger partial charge on any atom is -0.497 e. The van der Waals surface area contributed by atoms with E-state index in [9.17, 15) is 9.59 Å². The van der Waals surface area contributed by atoms with E-state index < -0.39 is 0 Å². The average molecular weight is 450 g/mol. The third-order valence-electron chi connectivity index (χ3n) is 5.78. The zero-order valence-corrected chi connectivity index (χ0v) is 18.7. The second-order valence-corrected chi connectivity index (χ2v) is 8.79. The van der Waals surface area contributed by atoms with E-state index in [0.717, 1.165) is 58.2 Å². The molecule has 164 valence electrons. The zero-order valence-electron chi connectivity index (χ0n) is 17.9. The van der Waals surface area contributed by atoms with Crippen LogP contribution in [0.2, 0.25) is 0 Å². The van der Waals surface area contributed by atoms with Crippen molar-refractivity contribution in [3.8, 4) is 17.0 Å². The molecule has 1 aliphatic rings. The van der Waals surface area contributed by atoms with Crippen molar-refractivity contribution in [3.63, 3.8) is 0 Å². The molecular weight excluding hydrogens is 426 g/mol. The number of nitrogens with one attached hydrogen (secondary N) is 1. The average Bonchev–Trinajstić information content (AvgIpc) is 3.50. The summed E-state index contributed by atoms with van der Waals surface area (Å²) in [4.78, 5) is 31.0. The minimum atomic E-state index is -0.168. The first-order valence-corrected chi connectivity index (χ1v) is 11.4. The molecule has 3 heterocycles. The van der Waals surface area contributed by atoms with Gasteiger partial charge in [-0.3, -0.25) is 14.0 Å². The predicted octanol–water partition coefficient (Wildman–Crippen LogP) is 2.86. The molecule has 0 unspecified atom stereocenters. The number of hydrogen-bond acceptors (Lipinski definition) is 6. The van der Waals surface area contributed by atoms with E-state index in [0.29, 0.717) is 18.0 Å². The van der Waals surface area contributed by atoms with Crippen LogP contribution in [0.5, 0.6) is 5.75 Å². The summed E-state index contributed by atoms with van der Waals surface area (Å²) in [6.07, 6.45) is 4.82. The molecule has 0 bridgehead atoms. The van der Waals surface area contributed by atoms with E-state index in [1.165, 1.54) is 16.0 Å². The fraction of sp³-hybridized carbons (Fsp3) is 0.304. The molecule has 0 saturated heterocycles. The molecule has 0 atom stereocenters. The van der Waals surface area contributed by atoms with Crippen LogP contribution in [0.3, 0.4) is 0 Å². The van der Waals surface area contributed by atoms with Crippen LogP contribution in [0.25, 0.3) is 16.2 Å². The Bertz CT molecular complexity index is 1370. The highest BCUT2D eigenvalue weighted by Crippen LogP contribution is 2.28. The minimum absolute atomic E-state index is 0.114. The van der Waals surface area contributed by atoms with Gasteiger partial charge in [0.2, 0.25) is 0 Å². The number of aromatic nitrogens is 4. The van der Waals surface area contributed by atoms with Gasteiger partial charge in [0.05, 0.1) is 25.0 Å². The molecule has 0 radical (unpaired) electrons. The molecule has 1 aliphatic carbocycles. The normalized spacial score (nSPS) is 12.8. The molecule has 4 aromatic rings. The van der Waals surface area contributed by atoms with E-state index in [1.54, 1.807) is 13.2 Å². The van der Waals surface area contributed by atoms with Crippen molar-refractivity contribution < 1.29 is 9.53 Å². The standard InChI is InChI=1S/C23H23N5O3S/c1-14-21(22(30)24-10-11-28-20(29)12-16-4-3-5-18(16)26-28)32-23-25-19(13-27(14)23)15-6-8-17(31-2)9-7-15/h6-9,12-13H,3-5,10-11H2,1-2H3,(H,24,30). The van der Waals surface area contributed by atoms with E-state index in [2.05, 4.69) is 15.4 Å². The number of ether oxygens (including phenoxy) is 1. The Morgan fingerprint density at radius 3 is 2.81 bits per heavy atom. The number of methoxy groups -OCH3 is 1. The molecule has 0 spiro atoms. The first-order valence-electron chi connectivity index (χ1n) is 10.5. The largest absolute Gasteiger partial charge is 0.497 e. The molecule has 1 aromatic carbocycles. The monoisotopic (exact) mass is 449 g/mol. The lowest BCUT2D eigenvalue weighted by atomic mass is 10.2. The van der Waals surface area contributed by atoms with Crippen LogP contribution in [0.4, 0.5) is 0 Å². The molecule has 0 aliphatic heterocycles. The summed E-state index contributed by atoms with van der Waals surface area (Å²) in [6, 6.07) is 9.40.